The minimum absolute atomic E-state index is 0.174. The fourth-order valence-corrected chi connectivity index (χ4v) is 2.53. The Kier molecular flexibility index (Phi) is 5.38. The minimum atomic E-state index is -0.500. The molecule has 0 saturated heterocycles. The molecule has 2 aromatic heterocycles. The predicted molar refractivity (Wildman–Crippen MR) is 87.7 cm³/mol. The highest BCUT2D eigenvalue weighted by Crippen LogP contribution is 2.17. The van der Waals surface area contributed by atoms with E-state index < -0.39 is 5.97 Å². The van der Waals surface area contributed by atoms with Gasteiger partial charge in [0.2, 0.25) is 0 Å². The minimum Gasteiger partial charge on any atom is -0.461 e. The Morgan fingerprint density at radius 2 is 2.08 bits per heavy atom. The van der Waals surface area contributed by atoms with Gasteiger partial charge in [-0.05, 0) is 27.7 Å². The van der Waals surface area contributed by atoms with Gasteiger partial charge < -0.3 is 10.1 Å². The first-order valence-corrected chi connectivity index (χ1v) is 7.93. The van der Waals surface area contributed by atoms with Crippen molar-refractivity contribution < 1.29 is 14.3 Å². The molecule has 0 radical (unpaired) electrons. The molecular formula is C16H23N5O3. The second kappa shape index (κ2) is 7.29. The highest BCUT2D eigenvalue weighted by Gasteiger charge is 2.21. The van der Waals surface area contributed by atoms with Crippen molar-refractivity contribution in [1.82, 2.24) is 24.9 Å². The molecule has 8 heteroatoms. The molecule has 130 valence electrons. The standard InChI is InChI=1S/C16H23N5O3/c1-6-21-11(4)12(9-17-21)10(3)18-15(22)13-8-14(20(5)19-13)16(23)24-7-2/h8-10H,6-7H2,1-5H3,(H,18,22). The number of ether oxygens (including phenoxy) is 1. The van der Waals surface area contributed by atoms with Crippen LogP contribution in [-0.4, -0.2) is 38.0 Å². The molecule has 0 aliphatic rings. The second-order valence-electron chi connectivity index (χ2n) is 5.46. The van der Waals surface area contributed by atoms with Gasteiger partial charge in [-0.25, -0.2) is 4.79 Å². The Morgan fingerprint density at radius 1 is 1.38 bits per heavy atom. The van der Waals surface area contributed by atoms with E-state index in [0.717, 1.165) is 17.8 Å². The smallest absolute Gasteiger partial charge is 0.356 e. The van der Waals surface area contributed by atoms with Crippen molar-refractivity contribution in [2.45, 2.75) is 40.3 Å². The fraction of sp³-hybridized carbons (Fsp3) is 0.500. The zero-order valence-electron chi connectivity index (χ0n) is 14.7. The molecule has 0 aromatic carbocycles. The first kappa shape index (κ1) is 17.7. The van der Waals surface area contributed by atoms with Gasteiger partial charge in [0.15, 0.2) is 5.69 Å². The highest BCUT2D eigenvalue weighted by molar-refractivity contribution is 5.96. The maximum absolute atomic E-state index is 12.4. The summed E-state index contributed by atoms with van der Waals surface area (Å²) in [6, 6.07) is 1.22. The third kappa shape index (κ3) is 3.47. The van der Waals surface area contributed by atoms with Crippen LogP contribution in [0.1, 0.15) is 59.0 Å². The molecule has 1 N–H and O–H groups in total. The SMILES string of the molecule is CCOC(=O)c1cc(C(=O)NC(C)c2cnn(CC)c2C)nn1C. The average Bonchev–Trinajstić information content (AvgIpc) is 3.10. The largest absolute Gasteiger partial charge is 0.461 e. The second-order valence-corrected chi connectivity index (χ2v) is 5.46. The van der Waals surface area contributed by atoms with E-state index >= 15 is 0 Å². The number of aromatic nitrogens is 4. The van der Waals surface area contributed by atoms with Crippen LogP contribution in [0.3, 0.4) is 0 Å². The molecule has 0 spiro atoms. The van der Waals surface area contributed by atoms with E-state index in [4.69, 9.17) is 4.74 Å². The number of nitrogens with one attached hydrogen (secondary N) is 1. The summed E-state index contributed by atoms with van der Waals surface area (Å²) in [6.07, 6.45) is 1.76. The van der Waals surface area contributed by atoms with E-state index in [1.807, 2.05) is 25.5 Å². The molecule has 0 saturated carbocycles. The van der Waals surface area contributed by atoms with E-state index in [9.17, 15) is 9.59 Å². The molecule has 24 heavy (non-hydrogen) atoms. The molecule has 8 nitrogen and oxygen atoms in total. The van der Waals surface area contributed by atoms with Crippen LogP contribution in [0.4, 0.5) is 0 Å². The van der Waals surface area contributed by atoms with Crippen molar-refractivity contribution >= 4 is 11.9 Å². The van der Waals surface area contributed by atoms with Crippen LogP contribution in [0.25, 0.3) is 0 Å². The molecule has 2 aromatic rings. The van der Waals surface area contributed by atoms with Crippen LogP contribution in [0.5, 0.6) is 0 Å². The lowest BCUT2D eigenvalue weighted by molar-refractivity contribution is 0.0513. The van der Waals surface area contributed by atoms with Crippen molar-refractivity contribution in [3.05, 3.63) is 34.9 Å². The monoisotopic (exact) mass is 333 g/mol. The molecule has 0 aliphatic heterocycles. The maximum atomic E-state index is 12.4. The summed E-state index contributed by atoms with van der Waals surface area (Å²) in [5.41, 5.74) is 2.38. The van der Waals surface area contributed by atoms with Gasteiger partial charge >= 0.3 is 5.97 Å². The first-order chi connectivity index (χ1) is 11.4. The van der Waals surface area contributed by atoms with Gasteiger partial charge in [-0.3, -0.25) is 14.2 Å². The normalized spacial score (nSPS) is 12.0. The van der Waals surface area contributed by atoms with Gasteiger partial charge in [-0.15, -0.1) is 0 Å². The molecular weight excluding hydrogens is 310 g/mol. The molecule has 2 rings (SSSR count). The molecule has 0 fully saturated rings. The van der Waals surface area contributed by atoms with Crippen molar-refractivity contribution in [2.75, 3.05) is 6.61 Å². The lowest BCUT2D eigenvalue weighted by Gasteiger charge is -2.13. The van der Waals surface area contributed by atoms with Crippen LogP contribution >= 0.6 is 0 Å². The Balaban J connectivity index is 2.13. The number of esters is 1. The molecule has 0 bridgehead atoms. The zero-order chi connectivity index (χ0) is 17.9. The fourth-order valence-electron chi connectivity index (χ4n) is 2.53. The Bertz CT molecular complexity index is 747. The molecule has 1 unspecified atom stereocenters. The van der Waals surface area contributed by atoms with Crippen molar-refractivity contribution in [2.24, 2.45) is 7.05 Å². The number of hydrogen-bond donors (Lipinski definition) is 1. The summed E-state index contributed by atoms with van der Waals surface area (Å²) in [5.74, 6) is -0.850. The number of nitrogens with zero attached hydrogens (tertiary/aromatic N) is 4. The third-order valence-corrected chi connectivity index (χ3v) is 3.85. The molecule has 2 heterocycles. The summed E-state index contributed by atoms with van der Waals surface area (Å²) < 4.78 is 8.16. The lowest BCUT2D eigenvalue weighted by Crippen LogP contribution is -2.27. The number of carbonyl (C=O) groups is 2. The van der Waals surface area contributed by atoms with Crippen LogP contribution in [-0.2, 0) is 18.3 Å². The van der Waals surface area contributed by atoms with Gasteiger partial charge in [0.25, 0.3) is 5.91 Å². The van der Waals surface area contributed by atoms with Gasteiger partial charge in [0.1, 0.15) is 5.69 Å². The van der Waals surface area contributed by atoms with Gasteiger partial charge in [-0.1, -0.05) is 0 Å². The molecule has 1 atom stereocenters. The maximum Gasteiger partial charge on any atom is 0.356 e. The first-order valence-electron chi connectivity index (χ1n) is 7.93. The van der Waals surface area contributed by atoms with Crippen molar-refractivity contribution in [3.8, 4) is 0 Å². The summed E-state index contributed by atoms with van der Waals surface area (Å²) in [7, 11) is 1.60. The van der Waals surface area contributed by atoms with E-state index in [-0.39, 0.29) is 29.9 Å². The summed E-state index contributed by atoms with van der Waals surface area (Å²) in [4.78, 5) is 24.2. The van der Waals surface area contributed by atoms with Gasteiger partial charge in [-0.2, -0.15) is 10.2 Å². The van der Waals surface area contributed by atoms with E-state index in [2.05, 4.69) is 15.5 Å². The van der Waals surface area contributed by atoms with Gasteiger partial charge in [0.05, 0.1) is 18.8 Å². The predicted octanol–water partition coefficient (Wildman–Crippen LogP) is 1.61. The average molecular weight is 333 g/mol. The summed E-state index contributed by atoms with van der Waals surface area (Å²) in [6.45, 7) is 8.63. The third-order valence-electron chi connectivity index (χ3n) is 3.85. The lowest BCUT2D eigenvalue weighted by atomic mass is 10.1. The van der Waals surface area contributed by atoms with Crippen LogP contribution in [0.15, 0.2) is 12.3 Å². The number of carbonyl (C=O) groups excluding carboxylic acids is 2. The summed E-state index contributed by atoms with van der Waals surface area (Å²) >= 11 is 0. The Labute approximate surface area is 140 Å². The Hall–Kier alpha value is -2.64. The zero-order valence-corrected chi connectivity index (χ0v) is 14.7. The van der Waals surface area contributed by atoms with Gasteiger partial charge in [0, 0.05) is 30.9 Å². The number of aryl methyl sites for hydroxylation is 2. The van der Waals surface area contributed by atoms with Crippen molar-refractivity contribution in [3.63, 3.8) is 0 Å². The van der Waals surface area contributed by atoms with E-state index in [1.54, 1.807) is 20.2 Å². The van der Waals surface area contributed by atoms with Crippen LogP contribution < -0.4 is 5.32 Å². The topological polar surface area (TPSA) is 91.0 Å². The highest BCUT2D eigenvalue weighted by atomic mass is 16.5. The van der Waals surface area contributed by atoms with E-state index in [0.29, 0.717) is 0 Å². The molecule has 0 aliphatic carbocycles. The quantitative estimate of drug-likeness (QED) is 0.811. The van der Waals surface area contributed by atoms with E-state index in [1.165, 1.54) is 10.7 Å². The van der Waals surface area contributed by atoms with Crippen LogP contribution in [0.2, 0.25) is 0 Å². The number of amides is 1. The Morgan fingerprint density at radius 3 is 2.67 bits per heavy atom. The summed E-state index contributed by atoms with van der Waals surface area (Å²) in [5, 5.41) is 11.3. The number of rotatable bonds is 6. The van der Waals surface area contributed by atoms with Crippen molar-refractivity contribution in [1.29, 1.82) is 0 Å². The van der Waals surface area contributed by atoms with Crippen LogP contribution in [0, 0.1) is 6.92 Å². The number of hydrogen-bond acceptors (Lipinski definition) is 5. The molecule has 1 amide bonds.